The molecule has 0 bridgehead atoms. The molecule has 2 amide bonds. The highest BCUT2D eigenvalue weighted by molar-refractivity contribution is 7.16. The van der Waals surface area contributed by atoms with Gasteiger partial charge in [0.2, 0.25) is 0 Å². The first-order chi connectivity index (χ1) is 14.9. The van der Waals surface area contributed by atoms with Gasteiger partial charge in [-0.05, 0) is 29.8 Å². The molecule has 0 saturated carbocycles. The van der Waals surface area contributed by atoms with Crippen LogP contribution in [0, 0.1) is 0 Å². The van der Waals surface area contributed by atoms with Gasteiger partial charge in [-0.25, -0.2) is 4.79 Å². The first-order valence-electron chi connectivity index (χ1n) is 9.45. The molecule has 9 heteroatoms. The number of halogens is 1. The Bertz CT molecular complexity index is 1020. The lowest BCUT2D eigenvalue weighted by atomic mass is 10.1. The summed E-state index contributed by atoms with van der Waals surface area (Å²) in [6, 6.07) is 14.9. The van der Waals surface area contributed by atoms with E-state index in [1.165, 1.54) is 28.6 Å². The van der Waals surface area contributed by atoms with Crippen LogP contribution in [0.25, 0.3) is 0 Å². The van der Waals surface area contributed by atoms with Gasteiger partial charge < -0.3 is 19.4 Å². The van der Waals surface area contributed by atoms with E-state index < -0.39 is 24.5 Å². The fourth-order valence-electron chi connectivity index (χ4n) is 2.78. The molecule has 0 saturated heterocycles. The summed E-state index contributed by atoms with van der Waals surface area (Å²) in [6.07, 6.45) is 1.58. The predicted molar refractivity (Wildman–Crippen MR) is 117 cm³/mol. The minimum absolute atomic E-state index is 0.0799. The number of rotatable bonds is 9. The lowest BCUT2D eigenvalue weighted by Crippen LogP contribution is -2.44. The zero-order valence-electron chi connectivity index (χ0n) is 16.7. The highest BCUT2D eigenvalue weighted by Crippen LogP contribution is 2.22. The van der Waals surface area contributed by atoms with Crippen molar-refractivity contribution < 1.29 is 23.5 Å². The minimum atomic E-state index is -0.978. The van der Waals surface area contributed by atoms with Gasteiger partial charge >= 0.3 is 5.97 Å². The molecule has 3 aromatic rings. The Kier molecular flexibility index (Phi) is 7.86. The number of carbonyl (C=O) groups is 3. The highest BCUT2D eigenvalue weighted by atomic mass is 35.5. The number of nitrogens with one attached hydrogen (secondary N) is 1. The molecule has 2 aromatic heterocycles. The average Bonchev–Trinajstić information content (AvgIpc) is 3.44. The summed E-state index contributed by atoms with van der Waals surface area (Å²) in [5.41, 5.74) is 0.835. The standard InChI is InChI=1S/C22H21ClN2O5S/c1-25(13-16-9-10-19(23)31-16)20(26)14-30-22(28)17(12-15-6-3-2-4-7-15)24-21(27)18-8-5-11-29-18/h2-11,17H,12-14H2,1H3,(H,24,27). The van der Waals surface area contributed by atoms with E-state index in [9.17, 15) is 14.4 Å². The van der Waals surface area contributed by atoms with Gasteiger partial charge in [-0.15, -0.1) is 11.3 Å². The lowest BCUT2D eigenvalue weighted by Gasteiger charge is -2.19. The molecule has 2 heterocycles. The van der Waals surface area contributed by atoms with Crippen LogP contribution < -0.4 is 5.32 Å². The molecule has 0 aliphatic carbocycles. The van der Waals surface area contributed by atoms with Gasteiger partial charge in [-0.2, -0.15) is 0 Å². The summed E-state index contributed by atoms with van der Waals surface area (Å²) in [5, 5.41) is 2.62. The molecule has 0 spiro atoms. The predicted octanol–water partition coefficient (Wildman–Crippen LogP) is 3.54. The Hall–Kier alpha value is -3.10. The van der Waals surface area contributed by atoms with Crippen molar-refractivity contribution in [2.75, 3.05) is 13.7 Å². The van der Waals surface area contributed by atoms with Crippen LogP contribution in [0.3, 0.4) is 0 Å². The molecule has 3 rings (SSSR count). The zero-order valence-corrected chi connectivity index (χ0v) is 18.3. The van der Waals surface area contributed by atoms with E-state index in [0.717, 1.165) is 10.4 Å². The summed E-state index contributed by atoms with van der Waals surface area (Å²) >= 11 is 7.29. The summed E-state index contributed by atoms with van der Waals surface area (Å²) < 4.78 is 10.9. The molecule has 0 radical (unpaired) electrons. The van der Waals surface area contributed by atoms with Crippen molar-refractivity contribution in [2.24, 2.45) is 0 Å². The second kappa shape index (κ2) is 10.8. The van der Waals surface area contributed by atoms with Gasteiger partial charge in [0.1, 0.15) is 6.04 Å². The van der Waals surface area contributed by atoms with Gasteiger partial charge in [0.25, 0.3) is 11.8 Å². The maximum atomic E-state index is 12.7. The van der Waals surface area contributed by atoms with Crippen LogP contribution >= 0.6 is 22.9 Å². The van der Waals surface area contributed by atoms with Crippen LogP contribution in [0.4, 0.5) is 0 Å². The topological polar surface area (TPSA) is 88.9 Å². The van der Waals surface area contributed by atoms with E-state index >= 15 is 0 Å². The zero-order chi connectivity index (χ0) is 22.2. The van der Waals surface area contributed by atoms with Crippen molar-refractivity contribution in [1.82, 2.24) is 10.2 Å². The van der Waals surface area contributed by atoms with Crippen LogP contribution in [-0.4, -0.2) is 42.4 Å². The number of carbonyl (C=O) groups excluding carboxylic acids is 3. The Morgan fingerprint density at radius 1 is 1.13 bits per heavy atom. The Morgan fingerprint density at radius 2 is 1.90 bits per heavy atom. The van der Waals surface area contributed by atoms with Crippen LogP contribution in [-0.2, 0) is 27.3 Å². The van der Waals surface area contributed by atoms with Crippen molar-refractivity contribution in [3.63, 3.8) is 0 Å². The SMILES string of the molecule is CN(Cc1ccc(Cl)s1)C(=O)COC(=O)C(Cc1ccccc1)NC(=O)c1ccco1. The van der Waals surface area contributed by atoms with Gasteiger partial charge in [0, 0.05) is 18.3 Å². The number of thiophene rings is 1. The molecule has 162 valence electrons. The third kappa shape index (κ3) is 6.70. The molecular formula is C22H21ClN2O5S. The maximum Gasteiger partial charge on any atom is 0.329 e. The molecule has 0 aliphatic heterocycles. The number of likely N-dealkylation sites (N-methyl/N-ethyl adjacent to an activating group) is 1. The molecule has 1 aromatic carbocycles. The molecule has 31 heavy (non-hydrogen) atoms. The van der Waals surface area contributed by atoms with Crippen molar-refractivity contribution in [1.29, 1.82) is 0 Å². The highest BCUT2D eigenvalue weighted by Gasteiger charge is 2.25. The Balaban J connectivity index is 1.60. The fourth-order valence-corrected chi connectivity index (χ4v) is 3.92. The number of furan rings is 1. The molecule has 1 unspecified atom stereocenters. The first-order valence-corrected chi connectivity index (χ1v) is 10.6. The second-order valence-corrected chi connectivity index (χ2v) is 8.56. The van der Waals surface area contributed by atoms with Crippen molar-refractivity contribution in [3.8, 4) is 0 Å². The Morgan fingerprint density at radius 3 is 2.55 bits per heavy atom. The lowest BCUT2D eigenvalue weighted by molar-refractivity contribution is -0.153. The van der Waals surface area contributed by atoms with Crippen LogP contribution in [0.1, 0.15) is 21.0 Å². The first kappa shape index (κ1) is 22.6. The number of nitrogens with zero attached hydrogens (tertiary/aromatic N) is 1. The van der Waals surface area contributed by atoms with Crippen molar-refractivity contribution in [2.45, 2.75) is 19.0 Å². The fraction of sp³-hybridized carbons (Fsp3) is 0.227. The molecule has 0 aliphatic rings. The van der Waals surface area contributed by atoms with Crippen molar-refractivity contribution >= 4 is 40.7 Å². The van der Waals surface area contributed by atoms with Gasteiger partial charge in [-0.1, -0.05) is 41.9 Å². The number of hydrogen-bond donors (Lipinski definition) is 1. The van der Waals surface area contributed by atoms with E-state index in [1.54, 1.807) is 19.2 Å². The van der Waals surface area contributed by atoms with E-state index in [-0.39, 0.29) is 18.1 Å². The largest absolute Gasteiger partial charge is 0.459 e. The van der Waals surface area contributed by atoms with E-state index in [2.05, 4.69) is 5.32 Å². The quantitative estimate of drug-likeness (QED) is 0.493. The van der Waals surface area contributed by atoms with Crippen molar-refractivity contribution in [3.05, 3.63) is 81.4 Å². The Labute approximate surface area is 188 Å². The molecule has 7 nitrogen and oxygen atoms in total. The average molecular weight is 461 g/mol. The summed E-state index contributed by atoms with van der Waals surface area (Å²) in [5.74, 6) is -1.53. The summed E-state index contributed by atoms with van der Waals surface area (Å²) in [6.45, 7) is -0.0766. The molecule has 1 atom stereocenters. The van der Waals surface area contributed by atoms with Crippen LogP contribution in [0.5, 0.6) is 0 Å². The van der Waals surface area contributed by atoms with E-state index in [1.807, 2.05) is 36.4 Å². The molecule has 1 N–H and O–H groups in total. The second-order valence-electron chi connectivity index (χ2n) is 6.76. The summed E-state index contributed by atoms with van der Waals surface area (Å²) in [4.78, 5) is 39.8. The monoisotopic (exact) mass is 460 g/mol. The third-order valence-electron chi connectivity index (χ3n) is 4.40. The number of esters is 1. The summed E-state index contributed by atoms with van der Waals surface area (Å²) in [7, 11) is 1.62. The third-order valence-corrected chi connectivity index (χ3v) is 5.62. The smallest absolute Gasteiger partial charge is 0.329 e. The van der Waals surface area contributed by atoms with E-state index in [0.29, 0.717) is 10.9 Å². The van der Waals surface area contributed by atoms with Gasteiger partial charge in [-0.3, -0.25) is 9.59 Å². The number of ether oxygens (including phenoxy) is 1. The van der Waals surface area contributed by atoms with Crippen LogP contribution in [0.15, 0.2) is 65.3 Å². The van der Waals surface area contributed by atoms with E-state index in [4.69, 9.17) is 20.8 Å². The number of hydrogen-bond acceptors (Lipinski definition) is 6. The molecule has 0 fully saturated rings. The number of benzene rings is 1. The number of amides is 2. The van der Waals surface area contributed by atoms with Crippen LogP contribution in [0.2, 0.25) is 4.34 Å². The normalized spacial score (nSPS) is 11.5. The minimum Gasteiger partial charge on any atom is -0.459 e. The van der Waals surface area contributed by atoms with Gasteiger partial charge in [0.15, 0.2) is 12.4 Å². The van der Waals surface area contributed by atoms with Gasteiger partial charge in [0.05, 0.1) is 17.1 Å². The molecular weight excluding hydrogens is 440 g/mol. The maximum absolute atomic E-state index is 12.7.